The van der Waals surface area contributed by atoms with E-state index in [4.69, 9.17) is 0 Å². The van der Waals surface area contributed by atoms with Crippen LogP contribution >= 0.6 is 0 Å². The molecule has 0 amide bonds. The summed E-state index contributed by atoms with van der Waals surface area (Å²) in [6.45, 7) is 2.40. The monoisotopic (exact) mass is 312 g/mol. The molecule has 4 aliphatic rings. The molecule has 3 aliphatic carbocycles. The van der Waals surface area contributed by atoms with Gasteiger partial charge in [-0.05, 0) is 70.8 Å². The molecule has 4 rings (SSSR count). The molecule has 0 N–H and O–H groups in total. The first kappa shape index (κ1) is 15.7. The van der Waals surface area contributed by atoms with Gasteiger partial charge in [0.15, 0.2) is 0 Å². The molecule has 1 fully saturated rings. The molecule has 2 nitrogen and oxygen atoms in total. The molecule has 6 atom stereocenters. The quantitative estimate of drug-likeness (QED) is 0.699. The van der Waals surface area contributed by atoms with Gasteiger partial charge in [-0.15, -0.1) is 0 Å². The lowest BCUT2D eigenvalue weighted by Crippen LogP contribution is -2.45. The Hall–Kier alpha value is -0.860. The SMILES string of the molecule is CC1N(C)C2CCC=CC2N1C1C=CC(C2CC=CCC2)CC1. The fraction of sp³-hybridized carbons (Fsp3) is 0.714. The minimum absolute atomic E-state index is 0.566. The van der Waals surface area contributed by atoms with Crippen molar-refractivity contribution in [1.82, 2.24) is 9.80 Å². The van der Waals surface area contributed by atoms with Gasteiger partial charge in [-0.1, -0.05) is 36.5 Å². The summed E-state index contributed by atoms with van der Waals surface area (Å²) in [6.07, 6.45) is 24.7. The minimum atomic E-state index is 0.566. The van der Waals surface area contributed by atoms with Crippen LogP contribution in [-0.2, 0) is 0 Å². The van der Waals surface area contributed by atoms with Crippen LogP contribution in [0.4, 0.5) is 0 Å². The molecule has 0 spiro atoms. The summed E-state index contributed by atoms with van der Waals surface area (Å²) >= 11 is 0. The van der Waals surface area contributed by atoms with Crippen molar-refractivity contribution in [2.45, 2.75) is 76.2 Å². The first-order chi connectivity index (χ1) is 11.3. The van der Waals surface area contributed by atoms with E-state index in [1.165, 1.54) is 44.9 Å². The second kappa shape index (κ2) is 6.57. The van der Waals surface area contributed by atoms with Crippen LogP contribution in [0.2, 0.25) is 0 Å². The van der Waals surface area contributed by atoms with Crippen LogP contribution in [-0.4, -0.2) is 41.1 Å². The van der Waals surface area contributed by atoms with Gasteiger partial charge in [0.05, 0.1) is 6.17 Å². The average molecular weight is 313 g/mol. The third-order valence-corrected chi connectivity index (χ3v) is 6.92. The van der Waals surface area contributed by atoms with E-state index in [0.717, 1.165) is 17.9 Å². The maximum Gasteiger partial charge on any atom is 0.0605 e. The van der Waals surface area contributed by atoms with Crippen LogP contribution in [0.25, 0.3) is 0 Å². The van der Waals surface area contributed by atoms with Crippen molar-refractivity contribution < 1.29 is 0 Å². The lowest BCUT2D eigenvalue weighted by atomic mass is 9.77. The molecule has 23 heavy (non-hydrogen) atoms. The van der Waals surface area contributed by atoms with E-state index in [9.17, 15) is 0 Å². The normalized spacial score (nSPS) is 44.6. The molecule has 0 radical (unpaired) electrons. The topological polar surface area (TPSA) is 6.48 Å². The number of hydrogen-bond acceptors (Lipinski definition) is 2. The Morgan fingerprint density at radius 1 is 0.870 bits per heavy atom. The highest BCUT2D eigenvalue weighted by molar-refractivity contribution is 5.16. The largest absolute Gasteiger partial charge is 0.286 e. The van der Waals surface area contributed by atoms with Gasteiger partial charge in [-0.2, -0.15) is 0 Å². The van der Waals surface area contributed by atoms with Crippen molar-refractivity contribution in [2.24, 2.45) is 11.8 Å². The van der Waals surface area contributed by atoms with Gasteiger partial charge in [0.25, 0.3) is 0 Å². The molecule has 2 heteroatoms. The maximum atomic E-state index is 2.79. The van der Waals surface area contributed by atoms with E-state index in [2.05, 4.69) is 60.2 Å². The summed E-state index contributed by atoms with van der Waals surface area (Å²) in [5.74, 6) is 1.72. The van der Waals surface area contributed by atoms with Crippen molar-refractivity contribution in [1.29, 1.82) is 0 Å². The summed E-state index contributed by atoms with van der Waals surface area (Å²) in [7, 11) is 2.32. The number of rotatable bonds is 2. The molecule has 0 aromatic rings. The van der Waals surface area contributed by atoms with Crippen LogP contribution < -0.4 is 0 Å². The standard InChI is InChI=1S/C21H32N2/c1-16-22(2)20-10-6-7-11-21(20)23(16)19-14-12-18(13-15-19)17-8-4-3-5-9-17/h3-4,7,11-12,14,16-21H,5-6,8-10,13,15H2,1-2H3. The molecule has 1 heterocycles. The molecule has 0 aromatic heterocycles. The predicted octanol–water partition coefficient (Wildman–Crippen LogP) is 4.36. The number of likely N-dealkylation sites (N-methyl/N-ethyl adjacent to an activating group) is 1. The highest BCUT2D eigenvalue weighted by Crippen LogP contribution is 2.39. The summed E-state index contributed by atoms with van der Waals surface area (Å²) < 4.78 is 0. The van der Waals surface area contributed by atoms with E-state index in [1.54, 1.807) is 0 Å². The average Bonchev–Trinajstić information content (AvgIpc) is 2.87. The molecule has 1 saturated heterocycles. The minimum Gasteiger partial charge on any atom is -0.286 e. The van der Waals surface area contributed by atoms with Crippen LogP contribution in [0.5, 0.6) is 0 Å². The molecular weight excluding hydrogens is 280 g/mol. The third kappa shape index (κ3) is 2.85. The van der Waals surface area contributed by atoms with Crippen molar-refractivity contribution >= 4 is 0 Å². The fourth-order valence-electron chi connectivity index (χ4n) is 5.45. The van der Waals surface area contributed by atoms with Crippen molar-refractivity contribution in [2.75, 3.05) is 7.05 Å². The lowest BCUT2D eigenvalue weighted by molar-refractivity contribution is 0.117. The Labute approximate surface area is 141 Å². The van der Waals surface area contributed by atoms with Crippen LogP contribution in [0.15, 0.2) is 36.5 Å². The highest BCUT2D eigenvalue weighted by Gasteiger charge is 2.45. The van der Waals surface area contributed by atoms with Gasteiger partial charge in [-0.3, -0.25) is 9.80 Å². The zero-order chi connectivity index (χ0) is 15.8. The molecule has 0 saturated carbocycles. The number of allylic oxidation sites excluding steroid dienone is 4. The van der Waals surface area contributed by atoms with Gasteiger partial charge in [0.2, 0.25) is 0 Å². The van der Waals surface area contributed by atoms with Gasteiger partial charge >= 0.3 is 0 Å². The summed E-state index contributed by atoms with van der Waals surface area (Å²) in [6, 6.07) is 2.00. The number of fused-ring (bicyclic) bond motifs is 1. The van der Waals surface area contributed by atoms with Gasteiger partial charge in [-0.25, -0.2) is 0 Å². The van der Waals surface area contributed by atoms with Crippen LogP contribution in [0, 0.1) is 11.8 Å². The van der Waals surface area contributed by atoms with Crippen molar-refractivity contribution in [3.8, 4) is 0 Å². The summed E-state index contributed by atoms with van der Waals surface area (Å²) in [5.41, 5.74) is 0. The zero-order valence-electron chi connectivity index (χ0n) is 14.8. The first-order valence-electron chi connectivity index (χ1n) is 9.75. The first-order valence-corrected chi connectivity index (χ1v) is 9.75. The molecule has 1 aliphatic heterocycles. The van der Waals surface area contributed by atoms with E-state index >= 15 is 0 Å². The predicted molar refractivity (Wildman–Crippen MR) is 97.1 cm³/mol. The third-order valence-electron chi connectivity index (χ3n) is 6.92. The Balaban J connectivity index is 1.47. The van der Waals surface area contributed by atoms with E-state index < -0.39 is 0 Å². The lowest BCUT2D eigenvalue weighted by Gasteiger charge is -2.38. The molecule has 126 valence electrons. The van der Waals surface area contributed by atoms with Gasteiger partial charge in [0, 0.05) is 18.1 Å². The molecular formula is C21H32N2. The summed E-state index contributed by atoms with van der Waals surface area (Å²) in [4.78, 5) is 5.40. The van der Waals surface area contributed by atoms with Gasteiger partial charge < -0.3 is 0 Å². The maximum absolute atomic E-state index is 2.79. The second-order valence-corrected chi connectivity index (χ2v) is 8.05. The Bertz CT molecular complexity index is 506. The Morgan fingerprint density at radius 2 is 1.74 bits per heavy atom. The smallest absolute Gasteiger partial charge is 0.0605 e. The Morgan fingerprint density at radius 3 is 2.48 bits per heavy atom. The van der Waals surface area contributed by atoms with E-state index in [1.807, 2.05) is 0 Å². The molecule has 0 bridgehead atoms. The van der Waals surface area contributed by atoms with E-state index in [-0.39, 0.29) is 0 Å². The zero-order valence-corrected chi connectivity index (χ0v) is 14.8. The van der Waals surface area contributed by atoms with Crippen LogP contribution in [0.1, 0.15) is 51.9 Å². The number of hydrogen-bond donors (Lipinski definition) is 0. The molecule has 0 aromatic carbocycles. The van der Waals surface area contributed by atoms with Crippen LogP contribution in [0.3, 0.4) is 0 Å². The Kier molecular flexibility index (Phi) is 4.47. The summed E-state index contributed by atoms with van der Waals surface area (Å²) in [5, 5.41) is 0. The number of nitrogens with zero attached hydrogens (tertiary/aromatic N) is 2. The highest BCUT2D eigenvalue weighted by atomic mass is 15.4. The van der Waals surface area contributed by atoms with Crippen molar-refractivity contribution in [3.63, 3.8) is 0 Å². The molecule has 6 unspecified atom stereocenters. The fourth-order valence-corrected chi connectivity index (χ4v) is 5.45. The van der Waals surface area contributed by atoms with Crippen molar-refractivity contribution in [3.05, 3.63) is 36.5 Å². The second-order valence-electron chi connectivity index (χ2n) is 8.05. The van der Waals surface area contributed by atoms with E-state index in [0.29, 0.717) is 18.2 Å². The van der Waals surface area contributed by atoms with Gasteiger partial charge in [0.1, 0.15) is 0 Å².